The van der Waals surface area contributed by atoms with E-state index in [9.17, 15) is 0 Å². The molecule has 0 saturated heterocycles. The number of allylic oxidation sites excluding steroid dienone is 8. The van der Waals surface area contributed by atoms with Crippen molar-refractivity contribution >= 4 is 4.82 Å². The minimum Gasteiger partial charge on any atom is -1.00 e. The maximum absolute atomic E-state index is 4.59. The molecule has 0 aliphatic heterocycles. The minimum absolute atomic E-state index is 0. The first-order valence-electron chi connectivity index (χ1n) is 5.83. The Kier molecular flexibility index (Phi) is 6.09. The van der Waals surface area contributed by atoms with Crippen LogP contribution in [0.15, 0.2) is 47.6 Å². The van der Waals surface area contributed by atoms with Crippen LogP contribution in [0.1, 0.15) is 27.7 Å². The van der Waals surface area contributed by atoms with Crippen LogP contribution in [0.4, 0.5) is 0 Å². The molecule has 0 fully saturated rings. The van der Waals surface area contributed by atoms with Crippen molar-refractivity contribution in [3.05, 3.63) is 47.6 Å². The quantitative estimate of drug-likeness (QED) is 0.540. The first kappa shape index (κ1) is 18.1. The number of hydrogen-bond donors (Lipinski definition) is 0. The van der Waals surface area contributed by atoms with Gasteiger partial charge in [-0.3, -0.25) is 0 Å². The first-order valence-corrected chi connectivity index (χ1v) is 8.50. The van der Waals surface area contributed by atoms with Crippen LogP contribution in [-0.2, 0) is 17.4 Å². The molecule has 0 bridgehead atoms. The molecule has 0 saturated carbocycles. The number of halogens is 2. The van der Waals surface area contributed by atoms with Gasteiger partial charge in [0.15, 0.2) is 0 Å². The molecule has 0 heterocycles. The smallest absolute Gasteiger partial charge is 1.00 e. The molecular weight excluding hydrogens is 299 g/mol. The van der Waals surface area contributed by atoms with Gasteiger partial charge in [0.1, 0.15) is 0 Å². The van der Waals surface area contributed by atoms with Crippen molar-refractivity contribution < 1.29 is 42.2 Å². The summed E-state index contributed by atoms with van der Waals surface area (Å²) in [5, 5.41) is 0. The molecule has 2 unspecified atom stereocenters. The van der Waals surface area contributed by atoms with Gasteiger partial charge in [0, 0.05) is 0 Å². The Morgan fingerprint density at radius 2 is 1.22 bits per heavy atom. The minimum atomic E-state index is -1.50. The molecule has 2 atom stereocenters. The van der Waals surface area contributed by atoms with E-state index in [1.165, 1.54) is 11.1 Å². The van der Waals surface area contributed by atoms with Crippen molar-refractivity contribution in [1.29, 1.82) is 0 Å². The number of rotatable bonds is 2. The molecule has 0 radical (unpaired) electrons. The van der Waals surface area contributed by atoms with Gasteiger partial charge in [0.05, 0.1) is 0 Å². The fourth-order valence-electron chi connectivity index (χ4n) is 2.70. The van der Waals surface area contributed by atoms with Gasteiger partial charge >= 0.3 is 105 Å². The van der Waals surface area contributed by atoms with E-state index in [-0.39, 0.29) is 32.3 Å². The van der Waals surface area contributed by atoms with Crippen LogP contribution in [0.2, 0.25) is 7.44 Å². The summed E-state index contributed by atoms with van der Waals surface area (Å²) in [7, 11) is 0. The van der Waals surface area contributed by atoms with Gasteiger partial charge in [-0.05, 0) is 0 Å². The van der Waals surface area contributed by atoms with Crippen molar-refractivity contribution in [2.45, 2.75) is 35.1 Å². The predicted octanol–water partition coefficient (Wildman–Crippen LogP) is -1.57. The summed E-state index contributed by atoms with van der Waals surface area (Å²) in [6.45, 7) is 9.06. The zero-order valence-electron chi connectivity index (χ0n) is 11.4. The summed E-state index contributed by atoms with van der Waals surface area (Å²) in [4.78, 5) is 4.59. The zero-order chi connectivity index (χ0) is 12.0. The van der Waals surface area contributed by atoms with Gasteiger partial charge in [0.25, 0.3) is 0 Å². The average molecular weight is 319 g/mol. The van der Waals surface area contributed by atoms with Crippen LogP contribution in [-0.4, -0.2) is 4.82 Å². The Balaban J connectivity index is 0.00000144. The molecule has 0 spiro atoms. The van der Waals surface area contributed by atoms with Crippen LogP contribution < -0.4 is 24.8 Å². The van der Waals surface area contributed by atoms with Gasteiger partial charge in [-0.2, -0.15) is 0 Å². The van der Waals surface area contributed by atoms with E-state index in [4.69, 9.17) is 0 Å². The van der Waals surface area contributed by atoms with Crippen LogP contribution >= 0.6 is 0 Å². The van der Waals surface area contributed by atoms with E-state index in [1.54, 1.807) is 0 Å². The second-order valence-corrected chi connectivity index (χ2v) is 10.3. The molecule has 2 rings (SSSR count). The summed E-state index contributed by atoms with van der Waals surface area (Å²) in [5.41, 5.74) is 2.78. The second kappa shape index (κ2) is 6.05. The normalized spacial score (nSPS) is 31.9. The van der Waals surface area contributed by atoms with Gasteiger partial charge in [-0.1, -0.05) is 0 Å². The molecule has 3 heteroatoms. The molecule has 0 amide bonds. The third-order valence-corrected chi connectivity index (χ3v) is 8.77. The van der Waals surface area contributed by atoms with Gasteiger partial charge < -0.3 is 24.8 Å². The third-order valence-electron chi connectivity index (χ3n) is 3.74. The Labute approximate surface area is 129 Å². The Morgan fingerprint density at radius 1 is 0.889 bits per heavy atom. The SMILES string of the molecule is [CH2]=[Ti+2]([C]1(C)C=CC(C)=C1)[C]1(C)C=CC(C)=C1.[Cl-].[Cl-]. The van der Waals surface area contributed by atoms with E-state index >= 15 is 0 Å². The summed E-state index contributed by atoms with van der Waals surface area (Å²) < 4.78 is 0.509. The van der Waals surface area contributed by atoms with E-state index in [0.717, 1.165) is 0 Å². The fraction of sp³-hybridized carbons (Fsp3) is 0.400. The largest absolute Gasteiger partial charge is 1.00 e. The topological polar surface area (TPSA) is 0 Å². The molecule has 2 aliphatic carbocycles. The summed E-state index contributed by atoms with van der Waals surface area (Å²) in [6.07, 6.45) is 14.1. The summed E-state index contributed by atoms with van der Waals surface area (Å²) in [5.74, 6) is 0. The van der Waals surface area contributed by atoms with E-state index in [1.807, 2.05) is 0 Å². The molecular formula is C15H20Cl2Ti. The molecule has 0 aromatic rings. The zero-order valence-corrected chi connectivity index (χ0v) is 14.5. The Bertz CT molecular complexity index is 429. The standard InChI is InChI=1S/2C7H9.CH2.2ClH.Ti/c2*1-6-3-4-7(2)5-6;;;;/h2*3-5H,1-2H3;1H2;2*1H;/q;;;;;+2/p-2. The van der Waals surface area contributed by atoms with Gasteiger partial charge in [-0.15, -0.1) is 0 Å². The fourth-order valence-corrected chi connectivity index (χ4v) is 6.66. The molecule has 0 N–H and O–H groups in total. The first-order chi connectivity index (χ1) is 7.36. The van der Waals surface area contributed by atoms with E-state index in [2.05, 4.69) is 69.0 Å². The third kappa shape index (κ3) is 3.17. The molecule has 2 aliphatic rings. The molecule has 18 heavy (non-hydrogen) atoms. The summed E-state index contributed by atoms with van der Waals surface area (Å²) in [6, 6.07) is 0. The van der Waals surface area contributed by atoms with Crippen LogP contribution in [0, 0.1) is 0 Å². The monoisotopic (exact) mass is 318 g/mol. The van der Waals surface area contributed by atoms with E-state index in [0.29, 0.717) is 0 Å². The number of hydrogen-bond acceptors (Lipinski definition) is 0. The van der Waals surface area contributed by atoms with Crippen molar-refractivity contribution in [2.24, 2.45) is 0 Å². The molecule has 0 nitrogen and oxygen atoms in total. The van der Waals surface area contributed by atoms with Crippen LogP contribution in [0.5, 0.6) is 0 Å². The van der Waals surface area contributed by atoms with Crippen molar-refractivity contribution in [2.75, 3.05) is 0 Å². The van der Waals surface area contributed by atoms with E-state index < -0.39 is 17.4 Å². The predicted molar refractivity (Wildman–Crippen MR) is 69.6 cm³/mol. The van der Waals surface area contributed by atoms with Crippen molar-refractivity contribution in [3.8, 4) is 0 Å². The Hall–Kier alpha value is 0.124. The van der Waals surface area contributed by atoms with Gasteiger partial charge in [0.2, 0.25) is 0 Å². The maximum Gasteiger partial charge on any atom is -1.00 e. The van der Waals surface area contributed by atoms with Crippen LogP contribution in [0.25, 0.3) is 0 Å². The summed E-state index contributed by atoms with van der Waals surface area (Å²) >= 11 is -1.50. The second-order valence-electron chi connectivity index (χ2n) is 5.49. The van der Waals surface area contributed by atoms with Crippen LogP contribution in [0.3, 0.4) is 0 Å². The van der Waals surface area contributed by atoms with Gasteiger partial charge in [-0.25, -0.2) is 0 Å². The molecule has 0 aromatic heterocycles. The van der Waals surface area contributed by atoms with Crippen molar-refractivity contribution in [1.82, 2.24) is 0 Å². The maximum atomic E-state index is 4.59. The van der Waals surface area contributed by atoms with Crippen molar-refractivity contribution in [3.63, 3.8) is 0 Å². The molecule has 0 aromatic carbocycles. The Morgan fingerprint density at radius 3 is 1.44 bits per heavy atom. The molecule has 98 valence electrons. The average Bonchev–Trinajstić information content (AvgIpc) is 2.72.